The Morgan fingerprint density at radius 3 is 2.89 bits per heavy atom. The largest absolute Gasteiger partial charge is 0.472 e. The molecule has 1 aliphatic rings. The van der Waals surface area contributed by atoms with Gasteiger partial charge in [-0.2, -0.15) is 0 Å². The van der Waals surface area contributed by atoms with Crippen molar-refractivity contribution < 1.29 is 13.9 Å². The Bertz CT molecular complexity index is 607. The van der Waals surface area contributed by atoms with Crippen LogP contribution in [0, 0.1) is 5.82 Å². The van der Waals surface area contributed by atoms with Crippen LogP contribution in [-0.2, 0) is 13.2 Å². The van der Waals surface area contributed by atoms with Crippen LogP contribution in [0.1, 0.15) is 16.1 Å². The highest BCUT2D eigenvalue weighted by molar-refractivity contribution is 5.93. The molecule has 0 unspecified atom stereocenters. The van der Waals surface area contributed by atoms with Gasteiger partial charge in [0, 0.05) is 12.6 Å². The summed E-state index contributed by atoms with van der Waals surface area (Å²) in [7, 11) is 0. The number of hydrogen-bond acceptors (Lipinski definition) is 3. The molecule has 1 aromatic heterocycles. The van der Waals surface area contributed by atoms with Crippen molar-refractivity contribution in [1.82, 2.24) is 15.1 Å². The molecule has 0 atom stereocenters. The van der Waals surface area contributed by atoms with E-state index in [1.165, 1.54) is 12.1 Å². The second kappa shape index (κ2) is 4.72. The third-order valence-electron chi connectivity index (χ3n) is 2.90. The van der Waals surface area contributed by atoms with Gasteiger partial charge in [-0.05, 0) is 17.7 Å². The van der Waals surface area contributed by atoms with Gasteiger partial charge in [0.05, 0.1) is 6.54 Å². The minimum atomic E-state index is -0.280. The molecule has 98 valence electrons. The molecule has 2 heterocycles. The predicted molar refractivity (Wildman–Crippen MR) is 65.3 cm³/mol. The van der Waals surface area contributed by atoms with Gasteiger partial charge in [-0.3, -0.25) is 9.48 Å². The number of rotatable bonds is 3. The highest BCUT2D eigenvalue weighted by Gasteiger charge is 2.19. The van der Waals surface area contributed by atoms with Crippen LogP contribution < -0.4 is 10.1 Å². The van der Waals surface area contributed by atoms with Crippen LogP contribution in [-0.4, -0.2) is 22.2 Å². The van der Waals surface area contributed by atoms with Crippen LogP contribution in [0.5, 0.6) is 5.88 Å². The van der Waals surface area contributed by atoms with E-state index in [2.05, 4.69) is 10.4 Å². The first-order valence-corrected chi connectivity index (χ1v) is 5.96. The van der Waals surface area contributed by atoms with Crippen LogP contribution in [0.3, 0.4) is 0 Å². The normalized spacial score (nSPS) is 13.8. The number of fused-ring (bicyclic) bond motifs is 1. The fourth-order valence-electron chi connectivity index (χ4n) is 1.92. The first-order valence-electron chi connectivity index (χ1n) is 5.96. The summed E-state index contributed by atoms with van der Waals surface area (Å²) in [5, 5.41) is 6.93. The van der Waals surface area contributed by atoms with Gasteiger partial charge < -0.3 is 10.1 Å². The van der Waals surface area contributed by atoms with Crippen LogP contribution in [0.2, 0.25) is 0 Å². The summed E-state index contributed by atoms with van der Waals surface area (Å²) < 4.78 is 19.9. The van der Waals surface area contributed by atoms with E-state index in [4.69, 9.17) is 4.74 Å². The van der Waals surface area contributed by atoms with Gasteiger partial charge >= 0.3 is 0 Å². The lowest BCUT2D eigenvalue weighted by Gasteiger charge is -2.12. The van der Waals surface area contributed by atoms with Crippen LogP contribution in [0.4, 0.5) is 4.39 Å². The van der Waals surface area contributed by atoms with Gasteiger partial charge in [0.25, 0.3) is 5.91 Å². The zero-order valence-electron chi connectivity index (χ0n) is 10.1. The Balaban J connectivity index is 1.70. The van der Waals surface area contributed by atoms with Gasteiger partial charge in [0.1, 0.15) is 18.1 Å². The molecule has 0 aliphatic carbocycles. The van der Waals surface area contributed by atoms with E-state index in [1.807, 2.05) is 0 Å². The first-order chi connectivity index (χ1) is 9.22. The second-order valence-electron chi connectivity index (χ2n) is 4.26. The standard InChI is InChI=1S/C13H12FN3O2/c14-10-3-1-9(2-4-10)8-19-12-7-11-13(18)15-5-6-17(11)16-12/h1-4,7H,5-6,8H2,(H,15,18). The van der Waals surface area contributed by atoms with E-state index >= 15 is 0 Å². The molecule has 0 saturated heterocycles. The number of amides is 1. The molecule has 5 nitrogen and oxygen atoms in total. The third-order valence-corrected chi connectivity index (χ3v) is 2.90. The Morgan fingerprint density at radius 2 is 2.16 bits per heavy atom. The molecule has 1 aromatic carbocycles. The number of halogens is 1. The van der Waals surface area contributed by atoms with Crippen molar-refractivity contribution >= 4 is 5.91 Å². The van der Waals surface area contributed by atoms with E-state index in [0.29, 0.717) is 31.3 Å². The van der Waals surface area contributed by atoms with Crippen LogP contribution in [0.15, 0.2) is 30.3 Å². The zero-order chi connectivity index (χ0) is 13.2. The van der Waals surface area contributed by atoms with Gasteiger partial charge in [-0.1, -0.05) is 12.1 Å². The van der Waals surface area contributed by atoms with Crippen molar-refractivity contribution in [2.75, 3.05) is 6.54 Å². The molecule has 0 bridgehead atoms. The summed E-state index contributed by atoms with van der Waals surface area (Å²) >= 11 is 0. The average molecular weight is 261 g/mol. The number of nitrogens with zero attached hydrogens (tertiary/aromatic N) is 2. The van der Waals surface area contributed by atoms with E-state index in [9.17, 15) is 9.18 Å². The van der Waals surface area contributed by atoms with E-state index in [1.54, 1.807) is 22.9 Å². The maximum Gasteiger partial charge on any atom is 0.269 e. The van der Waals surface area contributed by atoms with Gasteiger partial charge in [-0.25, -0.2) is 4.39 Å². The summed E-state index contributed by atoms with van der Waals surface area (Å²) in [6.07, 6.45) is 0. The van der Waals surface area contributed by atoms with Gasteiger partial charge in [-0.15, -0.1) is 5.10 Å². The maximum absolute atomic E-state index is 12.7. The molecular formula is C13H12FN3O2. The molecule has 0 radical (unpaired) electrons. The zero-order valence-corrected chi connectivity index (χ0v) is 10.1. The highest BCUT2D eigenvalue weighted by atomic mass is 19.1. The number of carbonyl (C=O) groups excluding carboxylic acids is 1. The minimum Gasteiger partial charge on any atom is -0.472 e. The number of carbonyl (C=O) groups is 1. The van der Waals surface area contributed by atoms with Crippen LogP contribution >= 0.6 is 0 Å². The third kappa shape index (κ3) is 2.42. The summed E-state index contributed by atoms with van der Waals surface area (Å²) in [4.78, 5) is 11.5. The molecule has 0 spiro atoms. The highest BCUT2D eigenvalue weighted by Crippen LogP contribution is 2.15. The van der Waals surface area contributed by atoms with Crippen molar-refractivity contribution in [3.63, 3.8) is 0 Å². The number of hydrogen-bond donors (Lipinski definition) is 1. The lowest BCUT2D eigenvalue weighted by molar-refractivity contribution is 0.0924. The molecule has 3 rings (SSSR count). The van der Waals surface area contributed by atoms with Crippen molar-refractivity contribution in [2.45, 2.75) is 13.2 Å². The van der Waals surface area contributed by atoms with Gasteiger partial charge in [0.15, 0.2) is 0 Å². The smallest absolute Gasteiger partial charge is 0.269 e. The van der Waals surface area contributed by atoms with Crippen molar-refractivity contribution in [3.8, 4) is 5.88 Å². The van der Waals surface area contributed by atoms with Gasteiger partial charge in [0.2, 0.25) is 5.88 Å². The number of nitrogens with one attached hydrogen (secondary N) is 1. The number of ether oxygens (including phenoxy) is 1. The van der Waals surface area contributed by atoms with Crippen molar-refractivity contribution in [1.29, 1.82) is 0 Å². The molecule has 1 amide bonds. The lowest BCUT2D eigenvalue weighted by Crippen LogP contribution is -2.35. The SMILES string of the molecule is O=C1NCCn2nc(OCc3ccc(F)cc3)cc21. The quantitative estimate of drug-likeness (QED) is 0.907. The van der Waals surface area contributed by atoms with E-state index in [0.717, 1.165) is 5.56 Å². The minimum absolute atomic E-state index is 0.143. The fourth-order valence-corrected chi connectivity index (χ4v) is 1.92. The Labute approximate surface area is 109 Å². The Kier molecular flexibility index (Phi) is 2.91. The molecule has 1 N–H and O–H groups in total. The molecule has 0 saturated carbocycles. The molecule has 1 aliphatic heterocycles. The number of benzene rings is 1. The first kappa shape index (κ1) is 11.7. The molecule has 6 heteroatoms. The molecule has 19 heavy (non-hydrogen) atoms. The maximum atomic E-state index is 12.7. The molecule has 0 fully saturated rings. The Hall–Kier alpha value is -2.37. The molecule has 2 aromatic rings. The fraction of sp³-hybridized carbons (Fsp3) is 0.231. The van der Waals surface area contributed by atoms with Crippen LogP contribution in [0.25, 0.3) is 0 Å². The summed E-state index contributed by atoms with van der Waals surface area (Å²) in [5.41, 5.74) is 1.34. The lowest BCUT2D eigenvalue weighted by atomic mass is 10.2. The topological polar surface area (TPSA) is 56.2 Å². The average Bonchev–Trinajstić information content (AvgIpc) is 2.83. The van der Waals surface area contributed by atoms with Crippen molar-refractivity contribution in [3.05, 3.63) is 47.4 Å². The van der Waals surface area contributed by atoms with E-state index < -0.39 is 0 Å². The monoisotopic (exact) mass is 261 g/mol. The van der Waals surface area contributed by atoms with E-state index in [-0.39, 0.29) is 11.7 Å². The van der Waals surface area contributed by atoms with Crippen molar-refractivity contribution in [2.24, 2.45) is 0 Å². The summed E-state index contributed by atoms with van der Waals surface area (Å²) in [5.74, 6) is -0.0235. The summed E-state index contributed by atoms with van der Waals surface area (Å²) in [6, 6.07) is 7.67. The second-order valence-corrected chi connectivity index (χ2v) is 4.26. The predicted octanol–water partition coefficient (Wildman–Crippen LogP) is 1.34. The number of aromatic nitrogens is 2. The Morgan fingerprint density at radius 1 is 1.37 bits per heavy atom. The summed E-state index contributed by atoms with van der Waals surface area (Å²) in [6.45, 7) is 1.50. The molecular weight excluding hydrogens is 249 g/mol.